The number of rotatable bonds is 3. The summed E-state index contributed by atoms with van der Waals surface area (Å²) in [5, 5.41) is 6.66. The Morgan fingerprint density at radius 1 is 1.55 bits per heavy atom. The number of nitrogens with one attached hydrogen (secondary N) is 1. The molecule has 1 aliphatic heterocycles. The molecule has 1 aromatic heterocycles. The summed E-state index contributed by atoms with van der Waals surface area (Å²) >= 11 is 0. The summed E-state index contributed by atoms with van der Waals surface area (Å²) in [5.74, 6) is 0. The van der Waals surface area contributed by atoms with Gasteiger partial charge in [0.25, 0.3) is 10.0 Å². The fourth-order valence-corrected chi connectivity index (χ4v) is 4.42. The van der Waals surface area contributed by atoms with E-state index in [1.165, 1.54) is 4.31 Å². The van der Waals surface area contributed by atoms with Crippen molar-refractivity contribution < 1.29 is 13.2 Å². The lowest BCUT2D eigenvalue weighted by molar-refractivity contribution is -0.109. The normalized spacial score (nSPS) is 23.9. The summed E-state index contributed by atoms with van der Waals surface area (Å²) in [5.41, 5.74) is 6.35. The Bertz CT molecular complexity index is 594. The highest BCUT2D eigenvalue weighted by Crippen LogP contribution is 2.27. The van der Waals surface area contributed by atoms with E-state index in [1.54, 1.807) is 6.92 Å². The molecule has 1 atom stereocenters. The Kier molecular flexibility index (Phi) is 3.94. The zero-order valence-electron chi connectivity index (χ0n) is 12.3. The number of ether oxygens (including phenoxy) is 1. The fourth-order valence-electron chi connectivity index (χ4n) is 2.58. The maximum atomic E-state index is 12.7. The van der Waals surface area contributed by atoms with Gasteiger partial charge in [-0.05, 0) is 27.7 Å². The molecule has 8 heteroatoms. The van der Waals surface area contributed by atoms with Crippen LogP contribution in [-0.2, 0) is 21.3 Å². The van der Waals surface area contributed by atoms with Crippen LogP contribution in [0.25, 0.3) is 0 Å². The summed E-state index contributed by atoms with van der Waals surface area (Å²) in [4.78, 5) is 0. The zero-order chi connectivity index (χ0) is 15.1. The Morgan fingerprint density at radius 3 is 2.75 bits per heavy atom. The summed E-state index contributed by atoms with van der Waals surface area (Å²) in [7, 11) is -3.66. The van der Waals surface area contributed by atoms with E-state index >= 15 is 0 Å². The molecule has 0 bridgehead atoms. The van der Waals surface area contributed by atoms with E-state index in [-0.39, 0.29) is 17.7 Å². The number of aryl methyl sites for hydroxylation is 1. The molecule has 20 heavy (non-hydrogen) atoms. The van der Waals surface area contributed by atoms with E-state index in [2.05, 4.69) is 10.2 Å². The zero-order valence-corrected chi connectivity index (χ0v) is 13.1. The number of nitrogens with zero attached hydrogens (tertiary/aromatic N) is 2. The number of nitrogens with two attached hydrogens (primary N) is 1. The third kappa shape index (κ3) is 2.73. The van der Waals surface area contributed by atoms with Gasteiger partial charge < -0.3 is 10.5 Å². The third-order valence-electron chi connectivity index (χ3n) is 3.36. The van der Waals surface area contributed by atoms with Gasteiger partial charge in [-0.2, -0.15) is 9.40 Å². The van der Waals surface area contributed by atoms with Crippen molar-refractivity contribution in [3.63, 3.8) is 0 Å². The molecule has 0 radical (unpaired) electrons. The molecule has 0 aromatic carbocycles. The molecule has 2 heterocycles. The lowest BCUT2D eigenvalue weighted by atomic mass is 10.1. The second kappa shape index (κ2) is 5.10. The number of H-pyrrole nitrogens is 1. The van der Waals surface area contributed by atoms with E-state index in [9.17, 15) is 8.42 Å². The number of aromatic amines is 1. The largest absolute Gasteiger partial charge is 0.370 e. The van der Waals surface area contributed by atoms with E-state index in [0.717, 1.165) is 0 Å². The average Bonchev–Trinajstić information content (AvgIpc) is 2.68. The number of morpholine rings is 1. The fraction of sp³-hybridized carbons (Fsp3) is 0.750. The Morgan fingerprint density at radius 2 is 2.20 bits per heavy atom. The molecule has 1 aliphatic rings. The van der Waals surface area contributed by atoms with E-state index in [1.807, 2.05) is 20.8 Å². The summed E-state index contributed by atoms with van der Waals surface area (Å²) in [6, 6.07) is 0. The van der Waals surface area contributed by atoms with Crippen LogP contribution in [0, 0.1) is 6.92 Å². The molecular weight excluding hydrogens is 280 g/mol. The molecule has 3 N–H and O–H groups in total. The van der Waals surface area contributed by atoms with E-state index in [4.69, 9.17) is 10.5 Å². The minimum atomic E-state index is -3.66. The lowest BCUT2D eigenvalue weighted by Gasteiger charge is -2.40. The first-order valence-electron chi connectivity index (χ1n) is 6.59. The number of aromatic nitrogens is 2. The molecule has 0 amide bonds. The molecule has 7 nitrogen and oxygen atoms in total. The van der Waals surface area contributed by atoms with Crippen LogP contribution in [-0.4, -0.2) is 47.7 Å². The summed E-state index contributed by atoms with van der Waals surface area (Å²) < 4.78 is 32.7. The SMILES string of the molecule is Cc1[nH]nc(S(=O)(=O)N2CC(C)OC(C)(C)C2)c1CN. The Balaban J connectivity index is 2.39. The first-order valence-corrected chi connectivity index (χ1v) is 8.03. The van der Waals surface area contributed by atoms with Gasteiger partial charge in [0.1, 0.15) is 0 Å². The first kappa shape index (κ1) is 15.4. The van der Waals surface area contributed by atoms with Gasteiger partial charge in [0.05, 0.1) is 11.7 Å². The van der Waals surface area contributed by atoms with Crippen LogP contribution in [0.5, 0.6) is 0 Å². The second-order valence-corrected chi connectivity index (χ2v) is 7.68. The standard InChI is InChI=1S/C12H22N4O3S/c1-8-6-16(7-12(3,4)19-8)20(17,18)11-10(5-13)9(2)14-15-11/h8H,5-7,13H2,1-4H3,(H,14,15). The maximum Gasteiger partial charge on any atom is 0.262 e. The number of hydrogen-bond acceptors (Lipinski definition) is 5. The molecule has 1 aromatic rings. The van der Waals surface area contributed by atoms with Crippen molar-refractivity contribution in [3.05, 3.63) is 11.3 Å². The smallest absolute Gasteiger partial charge is 0.262 e. The van der Waals surface area contributed by atoms with Crippen LogP contribution in [0.1, 0.15) is 32.0 Å². The van der Waals surface area contributed by atoms with Crippen molar-refractivity contribution in [1.82, 2.24) is 14.5 Å². The summed E-state index contributed by atoms with van der Waals surface area (Å²) in [6.45, 7) is 8.15. The van der Waals surface area contributed by atoms with Gasteiger partial charge >= 0.3 is 0 Å². The van der Waals surface area contributed by atoms with Gasteiger partial charge in [-0.15, -0.1) is 0 Å². The van der Waals surface area contributed by atoms with Crippen molar-refractivity contribution in [1.29, 1.82) is 0 Å². The molecule has 1 unspecified atom stereocenters. The highest BCUT2D eigenvalue weighted by Gasteiger charge is 2.39. The van der Waals surface area contributed by atoms with Crippen LogP contribution in [0.4, 0.5) is 0 Å². The van der Waals surface area contributed by atoms with Crippen LogP contribution < -0.4 is 5.73 Å². The lowest BCUT2D eigenvalue weighted by Crippen LogP contribution is -2.53. The number of hydrogen-bond donors (Lipinski definition) is 2. The van der Waals surface area contributed by atoms with Gasteiger partial charge in [-0.1, -0.05) is 0 Å². The van der Waals surface area contributed by atoms with Crippen LogP contribution in [0.15, 0.2) is 5.03 Å². The van der Waals surface area contributed by atoms with Gasteiger partial charge in [0.15, 0.2) is 5.03 Å². The predicted molar refractivity (Wildman–Crippen MR) is 74.6 cm³/mol. The molecule has 0 spiro atoms. The molecule has 2 rings (SSSR count). The van der Waals surface area contributed by atoms with Gasteiger partial charge in [-0.3, -0.25) is 5.10 Å². The van der Waals surface area contributed by atoms with Crippen molar-refractivity contribution in [3.8, 4) is 0 Å². The van der Waals surface area contributed by atoms with Crippen molar-refractivity contribution in [2.75, 3.05) is 13.1 Å². The van der Waals surface area contributed by atoms with Gasteiger partial charge in [0.2, 0.25) is 0 Å². The molecule has 0 saturated carbocycles. The number of sulfonamides is 1. The monoisotopic (exact) mass is 302 g/mol. The van der Waals surface area contributed by atoms with E-state index < -0.39 is 15.6 Å². The van der Waals surface area contributed by atoms with Crippen LogP contribution in [0.2, 0.25) is 0 Å². The van der Waals surface area contributed by atoms with Crippen molar-refractivity contribution in [2.45, 2.75) is 51.0 Å². The Hall–Kier alpha value is -0.960. The first-order chi connectivity index (χ1) is 9.17. The molecule has 1 fully saturated rings. The van der Waals surface area contributed by atoms with Crippen LogP contribution in [0.3, 0.4) is 0 Å². The molecule has 0 aliphatic carbocycles. The van der Waals surface area contributed by atoms with Crippen molar-refractivity contribution >= 4 is 10.0 Å². The molecule has 114 valence electrons. The van der Waals surface area contributed by atoms with Gasteiger partial charge in [-0.25, -0.2) is 8.42 Å². The molecular formula is C12H22N4O3S. The quantitative estimate of drug-likeness (QED) is 0.839. The Labute approximate surface area is 119 Å². The molecule has 1 saturated heterocycles. The van der Waals surface area contributed by atoms with Crippen LogP contribution >= 0.6 is 0 Å². The average molecular weight is 302 g/mol. The highest BCUT2D eigenvalue weighted by molar-refractivity contribution is 7.89. The second-order valence-electron chi connectivity index (χ2n) is 5.82. The minimum Gasteiger partial charge on any atom is -0.370 e. The third-order valence-corrected chi connectivity index (χ3v) is 5.15. The summed E-state index contributed by atoms with van der Waals surface area (Å²) in [6.07, 6.45) is -0.158. The minimum absolute atomic E-state index is 0.0300. The maximum absolute atomic E-state index is 12.7. The highest BCUT2D eigenvalue weighted by atomic mass is 32.2. The van der Waals surface area contributed by atoms with Gasteiger partial charge in [0, 0.05) is 30.9 Å². The predicted octanol–water partition coefficient (Wildman–Crippen LogP) is 0.365. The topological polar surface area (TPSA) is 101 Å². The van der Waals surface area contributed by atoms with E-state index in [0.29, 0.717) is 24.3 Å². The van der Waals surface area contributed by atoms with Crippen molar-refractivity contribution in [2.24, 2.45) is 5.73 Å².